The van der Waals surface area contributed by atoms with Gasteiger partial charge in [-0.3, -0.25) is 9.88 Å². The first-order chi connectivity index (χ1) is 14.1. The summed E-state index contributed by atoms with van der Waals surface area (Å²) in [6.45, 7) is 6.12. The van der Waals surface area contributed by atoms with Gasteiger partial charge < -0.3 is 10.0 Å². The van der Waals surface area contributed by atoms with E-state index in [0.717, 1.165) is 19.6 Å². The molecule has 5 heteroatoms. The number of aryl methyl sites for hydroxylation is 1. The van der Waals surface area contributed by atoms with E-state index >= 15 is 0 Å². The molecule has 1 unspecified atom stereocenters. The van der Waals surface area contributed by atoms with Gasteiger partial charge in [0.2, 0.25) is 0 Å². The Balaban J connectivity index is 1.49. The van der Waals surface area contributed by atoms with Gasteiger partial charge in [-0.1, -0.05) is 48.0 Å². The fourth-order valence-electron chi connectivity index (χ4n) is 3.86. The lowest BCUT2D eigenvalue weighted by Crippen LogP contribution is -2.46. The lowest BCUT2D eigenvalue weighted by molar-refractivity contribution is 0.213. The molecule has 1 aliphatic heterocycles. The second-order valence-corrected chi connectivity index (χ2v) is 7.58. The number of anilines is 1. The molecule has 29 heavy (non-hydrogen) atoms. The first kappa shape index (κ1) is 19.6. The average molecular weight is 391 g/mol. The maximum absolute atomic E-state index is 14.8. The number of piperazine rings is 1. The third kappa shape index (κ3) is 4.47. The highest BCUT2D eigenvalue weighted by Crippen LogP contribution is 2.33. The molecule has 0 radical (unpaired) electrons. The van der Waals surface area contributed by atoms with Gasteiger partial charge in [0.05, 0.1) is 11.4 Å². The smallest absolute Gasteiger partial charge is 0.146 e. The van der Waals surface area contributed by atoms with Crippen LogP contribution in [-0.2, 0) is 6.54 Å². The molecule has 0 saturated carbocycles. The highest BCUT2D eigenvalue weighted by atomic mass is 19.1. The van der Waals surface area contributed by atoms with Gasteiger partial charge in [-0.25, -0.2) is 4.39 Å². The van der Waals surface area contributed by atoms with Gasteiger partial charge in [0.25, 0.3) is 0 Å². The van der Waals surface area contributed by atoms with Crippen molar-refractivity contribution < 1.29 is 9.50 Å². The number of hydrogen-bond donors (Lipinski definition) is 1. The number of aliphatic hydroxyl groups excluding tert-OH is 1. The lowest BCUT2D eigenvalue weighted by Gasteiger charge is -2.37. The van der Waals surface area contributed by atoms with E-state index in [-0.39, 0.29) is 5.82 Å². The third-order valence-electron chi connectivity index (χ3n) is 5.50. The molecule has 1 aromatic heterocycles. The molecule has 2 aromatic carbocycles. The van der Waals surface area contributed by atoms with Crippen LogP contribution in [0.4, 0.5) is 10.1 Å². The minimum absolute atomic E-state index is 0.301. The number of pyridine rings is 1. The summed E-state index contributed by atoms with van der Waals surface area (Å²) >= 11 is 0. The van der Waals surface area contributed by atoms with E-state index < -0.39 is 6.10 Å². The first-order valence-electron chi connectivity index (χ1n) is 10.0. The number of hydrogen-bond acceptors (Lipinski definition) is 4. The molecular weight excluding hydrogens is 365 g/mol. The average Bonchev–Trinajstić information content (AvgIpc) is 2.76. The van der Waals surface area contributed by atoms with Gasteiger partial charge in [0.15, 0.2) is 0 Å². The van der Waals surface area contributed by atoms with E-state index in [2.05, 4.69) is 41.1 Å². The van der Waals surface area contributed by atoms with Crippen LogP contribution < -0.4 is 4.90 Å². The maximum Gasteiger partial charge on any atom is 0.146 e. The van der Waals surface area contributed by atoms with Crippen LogP contribution in [0.15, 0.2) is 66.9 Å². The molecule has 2 heterocycles. The molecule has 0 spiro atoms. The summed E-state index contributed by atoms with van der Waals surface area (Å²) < 4.78 is 14.8. The van der Waals surface area contributed by atoms with E-state index in [9.17, 15) is 9.50 Å². The summed E-state index contributed by atoms with van der Waals surface area (Å²) in [5.41, 5.74) is 4.13. The Bertz CT molecular complexity index is 938. The molecule has 0 amide bonds. The summed E-state index contributed by atoms with van der Waals surface area (Å²) in [6, 6.07) is 18.9. The highest BCUT2D eigenvalue weighted by Gasteiger charge is 2.25. The SMILES string of the molecule is Cc1ccc(CN2CCN(c3c(F)cccc3C(O)c3ccccn3)CC2)cc1. The van der Waals surface area contributed by atoms with E-state index in [0.29, 0.717) is 30.0 Å². The number of nitrogens with zero attached hydrogens (tertiary/aromatic N) is 3. The van der Waals surface area contributed by atoms with Gasteiger partial charge in [-0.05, 0) is 30.7 Å². The van der Waals surface area contributed by atoms with E-state index in [4.69, 9.17) is 0 Å². The third-order valence-corrected chi connectivity index (χ3v) is 5.50. The van der Waals surface area contributed by atoms with Gasteiger partial charge in [0, 0.05) is 44.5 Å². The zero-order valence-electron chi connectivity index (χ0n) is 16.6. The molecule has 1 fully saturated rings. The highest BCUT2D eigenvalue weighted by molar-refractivity contribution is 5.57. The minimum Gasteiger partial charge on any atom is -0.382 e. The van der Waals surface area contributed by atoms with Crippen molar-refractivity contribution in [1.82, 2.24) is 9.88 Å². The normalized spacial score (nSPS) is 16.0. The molecule has 4 nitrogen and oxygen atoms in total. The summed E-state index contributed by atoms with van der Waals surface area (Å²) in [5, 5.41) is 10.8. The van der Waals surface area contributed by atoms with Crippen LogP contribution in [0.2, 0.25) is 0 Å². The molecule has 1 saturated heterocycles. The van der Waals surface area contributed by atoms with Crippen molar-refractivity contribution in [2.75, 3.05) is 31.1 Å². The lowest BCUT2D eigenvalue weighted by atomic mass is 10.0. The number of para-hydroxylation sites is 1. The number of halogens is 1. The van der Waals surface area contributed by atoms with Crippen molar-refractivity contribution in [1.29, 1.82) is 0 Å². The number of aliphatic hydroxyl groups is 1. The number of aromatic nitrogens is 1. The zero-order valence-corrected chi connectivity index (χ0v) is 16.6. The van der Waals surface area contributed by atoms with E-state index in [1.54, 1.807) is 30.5 Å². The van der Waals surface area contributed by atoms with Crippen LogP contribution in [0.25, 0.3) is 0 Å². The standard InChI is InChI=1S/C24H26FN3O/c1-18-8-10-19(11-9-18)17-27-13-15-28(16-14-27)23-20(5-4-6-21(23)25)24(29)22-7-2-3-12-26-22/h2-12,24,29H,13-17H2,1H3. The van der Waals surface area contributed by atoms with Crippen LogP contribution in [0.5, 0.6) is 0 Å². The second kappa shape index (κ2) is 8.72. The number of rotatable bonds is 5. The van der Waals surface area contributed by atoms with Gasteiger partial charge in [-0.2, -0.15) is 0 Å². The van der Waals surface area contributed by atoms with Crippen molar-refractivity contribution in [3.63, 3.8) is 0 Å². The van der Waals surface area contributed by atoms with Crippen molar-refractivity contribution in [3.05, 3.63) is 95.1 Å². The van der Waals surface area contributed by atoms with Gasteiger partial charge in [-0.15, -0.1) is 0 Å². The van der Waals surface area contributed by atoms with Gasteiger partial charge in [0.1, 0.15) is 11.9 Å². The monoisotopic (exact) mass is 391 g/mol. The van der Waals surface area contributed by atoms with Crippen molar-refractivity contribution >= 4 is 5.69 Å². The minimum atomic E-state index is -0.951. The Morgan fingerprint density at radius 1 is 0.966 bits per heavy atom. The maximum atomic E-state index is 14.8. The van der Waals surface area contributed by atoms with Crippen LogP contribution in [0.1, 0.15) is 28.5 Å². The Kier molecular flexibility index (Phi) is 5.88. The molecule has 0 bridgehead atoms. The molecule has 0 aliphatic carbocycles. The predicted octanol–water partition coefficient (Wildman–Crippen LogP) is 3.93. The topological polar surface area (TPSA) is 39.6 Å². The molecule has 150 valence electrons. The van der Waals surface area contributed by atoms with Crippen molar-refractivity contribution in [2.45, 2.75) is 19.6 Å². The molecule has 4 rings (SSSR count). The fourth-order valence-corrected chi connectivity index (χ4v) is 3.86. The van der Waals surface area contributed by atoms with Gasteiger partial charge >= 0.3 is 0 Å². The molecule has 1 atom stereocenters. The van der Waals surface area contributed by atoms with Crippen LogP contribution in [0, 0.1) is 12.7 Å². The summed E-state index contributed by atoms with van der Waals surface area (Å²) in [6.07, 6.45) is 0.689. The Hall–Kier alpha value is -2.76. The quantitative estimate of drug-likeness (QED) is 0.715. The predicted molar refractivity (Wildman–Crippen MR) is 113 cm³/mol. The van der Waals surface area contributed by atoms with E-state index in [1.165, 1.54) is 17.2 Å². The molecule has 3 aromatic rings. The molecular formula is C24H26FN3O. The molecule has 1 aliphatic rings. The first-order valence-corrected chi connectivity index (χ1v) is 10.0. The summed E-state index contributed by atoms with van der Waals surface area (Å²) in [5.74, 6) is -0.301. The van der Waals surface area contributed by atoms with Crippen LogP contribution >= 0.6 is 0 Å². The Morgan fingerprint density at radius 2 is 1.72 bits per heavy atom. The van der Waals surface area contributed by atoms with Crippen molar-refractivity contribution in [3.8, 4) is 0 Å². The van der Waals surface area contributed by atoms with Crippen LogP contribution in [-0.4, -0.2) is 41.2 Å². The van der Waals surface area contributed by atoms with Crippen molar-refractivity contribution in [2.24, 2.45) is 0 Å². The summed E-state index contributed by atoms with van der Waals surface area (Å²) in [4.78, 5) is 8.67. The number of benzene rings is 2. The fraction of sp³-hybridized carbons (Fsp3) is 0.292. The Morgan fingerprint density at radius 3 is 2.41 bits per heavy atom. The van der Waals surface area contributed by atoms with E-state index in [1.807, 2.05) is 11.0 Å². The zero-order chi connectivity index (χ0) is 20.2. The largest absolute Gasteiger partial charge is 0.382 e. The summed E-state index contributed by atoms with van der Waals surface area (Å²) in [7, 11) is 0. The van der Waals surface area contributed by atoms with Crippen LogP contribution in [0.3, 0.4) is 0 Å². The Labute approximate surface area is 171 Å². The second-order valence-electron chi connectivity index (χ2n) is 7.58. The molecule has 1 N–H and O–H groups in total.